The Balaban J connectivity index is 1.51. The number of carbonyl (C=O) groups is 1. The van der Waals surface area contributed by atoms with E-state index in [4.69, 9.17) is 4.52 Å². The van der Waals surface area contributed by atoms with Gasteiger partial charge < -0.3 is 19.7 Å². The molecule has 0 aliphatic carbocycles. The summed E-state index contributed by atoms with van der Waals surface area (Å²) < 4.78 is 7.30. The van der Waals surface area contributed by atoms with Gasteiger partial charge in [-0.3, -0.25) is 0 Å². The standard InChI is InChI=1S/C19H24N4O2/c1-4-23-11-9-15-7-8-16(12-18(15)23)21-19(24)20-10-5-6-17-13(2)22-25-14(17)3/h7-9,11-12H,4-6,10H2,1-3H3,(H2,20,21,24). The summed E-state index contributed by atoms with van der Waals surface area (Å²) in [5, 5.41) is 10.9. The molecule has 0 fully saturated rings. The second-order valence-electron chi connectivity index (χ2n) is 6.16. The number of nitrogens with one attached hydrogen (secondary N) is 2. The zero-order valence-corrected chi connectivity index (χ0v) is 14.9. The van der Waals surface area contributed by atoms with Gasteiger partial charge in [-0.1, -0.05) is 11.2 Å². The van der Waals surface area contributed by atoms with Crippen LogP contribution in [0.4, 0.5) is 10.5 Å². The molecule has 2 heterocycles. The molecule has 2 aromatic heterocycles. The van der Waals surface area contributed by atoms with E-state index < -0.39 is 0 Å². The number of hydrogen-bond donors (Lipinski definition) is 2. The molecule has 6 nitrogen and oxygen atoms in total. The van der Waals surface area contributed by atoms with Crippen molar-refractivity contribution in [2.24, 2.45) is 0 Å². The van der Waals surface area contributed by atoms with Gasteiger partial charge in [0.25, 0.3) is 0 Å². The van der Waals surface area contributed by atoms with E-state index in [1.807, 2.05) is 32.0 Å². The molecule has 2 amide bonds. The molecule has 0 aliphatic rings. The van der Waals surface area contributed by atoms with Gasteiger partial charge in [-0.05, 0) is 57.2 Å². The van der Waals surface area contributed by atoms with Crippen LogP contribution >= 0.6 is 0 Å². The lowest BCUT2D eigenvalue weighted by Crippen LogP contribution is -2.29. The molecule has 0 spiro atoms. The Morgan fingerprint density at radius 1 is 1.28 bits per heavy atom. The first-order valence-electron chi connectivity index (χ1n) is 8.64. The van der Waals surface area contributed by atoms with Crippen molar-refractivity contribution in [2.45, 2.75) is 40.2 Å². The Morgan fingerprint density at radius 3 is 2.84 bits per heavy atom. The van der Waals surface area contributed by atoms with Gasteiger partial charge in [-0.2, -0.15) is 0 Å². The minimum absolute atomic E-state index is 0.187. The maximum Gasteiger partial charge on any atom is 0.319 e. The first-order chi connectivity index (χ1) is 12.1. The van der Waals surface area contributed by atoms with Gasteiger partial charge in [0, 0.05) is 30.5 Å². The Kier molecular flexibility index (Phi) is 5.07. The van der Waals surface area contributed by atoms with Crippen molar-refractivity contribution in [3.8, 4) is 0 Å². The van der Waals surface area contributed by atoms with Crippen LogP contribution in [0.15, 0.2) is 35.0 Å². The third kappa shape index (κ3) is 3.84. The van der Waals surface area contributed by atoms with Crippen LogP contribution in [0, 0.1) is 13.8 Å². The number of rotatable bonds is 6. The van der Waals surface area contributed by atoms with E-state index in [-0.39, 0.29) is 6.03 Å². The number of benzene rings is 1. The maximum absolute atomic E-state index is 12.1. The van der Waals surface area contributed by atoms with Gasteiger partial charge in [0.15, 0.2) is 0 Å². The molecule has 25 heavy (non-hydrogen) atoms. The van der Waals surface area contributed by atoms with Gasteiger partial charge in [-0.25, -0.2) is 4.79 Å². The molecule has 2 N–H and O–H groups in total. The average molecular weight is 340 g/mol. The minimum Gasteiger partial charge on any atom is -0.361 e. The second kappa shape index (κ2) is 7.42. The van der Waals surface area contributed by atoms with Gasteiger partial charge in [0.2, 0.25) is 0 Å². The molecule has 6 heteroatoms. The number of aromatic nitrogens is 2. The molecular formula is C19H24N4O2. The molecule has 0 bridgehead atoms. The van der Waals surface area contributed by atoms with E-state index in [1.54, 1.807) is 0 Å². The summed E-state index contributed by atoms with van der Waals surface area (Å²) in [5.41, 5.74) is 3.98. The van der Waals surface area contributed by atoms with Crippen LogP contribution in [-0.4, -0.2) is 22.3 Å². The normalized spacial score (nSPS) is 11.0. The van der Waals surface area contributed by atoms with Crippen molar-refractivity contribution in [2.75, 3.05) is 11.9 Å². The highest BCUT2D eigenvalue weighted by Crippen LogP contribution is 2.20. The lowest BCUT2D eigenvalue weighted by molar-refractivity contribution is 0.252. The van der Waals surface area contributed by atoms with Gasteiger partial charge in [-0.15, -0.1) is 0 Å². The lowest BCUT2D eigenvalue weighted by atomic mass is 10.1. The first-order valence-corrected chi connectivity index (χ1v) is 8.64. The monoisotopic (exact) mass is 340 g/mol. The van der Waals surface area contributed by atoms with Gasteiger partial charge in [0.1, 0.15) is 5.76 Å². The zero-order valence-electron chi connectivity index (χ0n) is 14.9. The number of aryl methyl sites for hydroxylation is 3. The van der Waals surface area contributed by atoms with Crippen LogP contribution in [0.3, 0.4) is 0 Å². The highest BCUT2D eigenvalue weighted by atomic mass is 16.5. The van der Waals surface area contributed by atoms with Crippen LogP contribution in [-0.2, 0) is 13.0 Å². The summed E-state index contributed by atoms with van der Waals surface area (Å²) >= 11 is 0. The predicted molar refractivity (Wildman–Crippen MR) is 98.9 cm³/mol. The Labute approximate surface area is 147 Å². The van der Waals surface area contributed by atoms with E-state index >= 15 is 0 Å². The third-order valence-corrected chi connectivity index (χ3v) is 4.44. The predicted octanol–water partition coefficient (Wildman–Crippen LogP) is 4.02. The summed E-state index contributed by atoms with van der Waals surface area (Å²) in [5.74, 6) is 0.856. The maximum atomic E-state index is 12.1. The van der Waals surface area contributed by atoms with Crippen LogP contribution < -0.4 is 10.6 Å². The number of amides is 2. The summed E-state index contributed by atoms with van der Waals surface area (Å²) in [6.07, 6.45) is 3.74. The summed E-state index contributed by atoms with van der Waals surface area (Å²) in [6.45, 7) is 7.46. The molecule has 0 aliphatic heterocycles. The highest BCUT2D eigenvalue weighted by molar-refractivity contribution is 5.92. The third-order valence-electron chi connectivity index (χ3n) is 4.44. The zero-order chi connectivity index (χ0) is 17.8. The molecule has 0 radical (unpaired) electrons. The highest BCUT2D eigenvalue weighted by Gasteiger charge is 2.09. The number of anilines is 1. The largest absolute Gasteiger partial charge is 0.361 e. The van der Waals surface area contributed by atoms with E-state index in [9.17, 15) is 4.79 Å². The van der Waals surface area contributed by atoms with Gasteiger partial charge >= 0.3 is 6.03 Å². The summed E-state index contributed by atoms with van der Waals surface area (Å²) in [6, 6.07) is 7.84. The molecule has 3 aromatic rings. The van der Waals surface area contributed by atoms with Gasteiger partial charge in [0.05, 0.1) is 11.2 Å². The Hall–Kier alpha value is -2.76. The van der Waals surface area contributed by atoms with Crippen molar-refractivity contribution >= 4 is 22.6 Å². The average Bonchev–Trinajstić information content (AvgIpc) is 3.15. The van der Waals surface area contributed by atoms with Crippen LogP contribution in [0.25, 0.3) is 10.9 Å². The fraction of sp³-hybridized carbons (Fsp3) is 0.368. The number of nitrogens with zero attached hydrogens (tertiary/aromatic N) is 2. The van der Waals surface area contributed by atoms with Crippen molar-refractivity contribution in [3.05, 3.63) is 47.5 Å². The van der Waals surface area contributed by atoms with E-state index in [0.29, 0.717) is 6.54 Å². The topological polar surface area (TPSA) is 72.1 Å². The molecule has 132 valence electrons. The molecule has 3 rings (SSSR count). The first kappa shape index (κ1) is 17.1. The molecule has 0 unspecified atom stereocenters. The SMILES string of the molecule is CCn1ccc2ccc(NC(=O)NCCCc3c(C)noc3C)cc21. The Bertz CT molecular complexity index is 859. The van der Waals surface area contributed by atoms with E-state index in [1.165, 1.54) is 5.39 Å². The molecule has 0 saturated carbocycles. The minimum atomic E-state index is -0.187. The van der Waals surface area contributed by atoms with Crippen LogP contribution in [0.2, 0.25) is 0 Å². The smallest absolute Gasteiger partial charge is 0.319 e. The van der Waals surface area contributed by atoms with Crippen molar-refractivity contribution in [1.29, 1.82) is 0 Å². The molecule has 0 atom stereocenters. The molecule has 0 saturated heterocycles. The fourth-order valence-corrected chi connectivity index (χ4v) is 3.04. The van der Waals surface area contributed by atoms with Crippen molar-refractivity contribution in [3.63, 3.8) is 0 Å². The lowest BCUT2D eigenvalue weighted by Gasteiger charge is -2.09. The summed E-state index contributed by atoms with van der Waals surface area (Å²) in [7, 11) is 0. The molecular weight excluding hydrogens is 316 g/mol. The quantitative estimate of drug-likeness (QED) is 0.666. The number of carbonyl (C=O) groups excluding carboxylic acids is 1. The fourth-order valence-electron chi connectivity index (χ4n) is 3.04. The van der Waals surface area contributed by atoms with E-state index in [0.717, 1.165) is 47.6 Å². The Morgan fingerprint density at radius 2 is 2.12 bits per heavy atom. The van der Waals surface area contributed by atoms with Crippen LogP contribution in [0.1, 0.15) is 30.4 Å². The number of hydrogen-bond acceptors (Lipinski definition) is 3. The second-order valence-corrected chi connectivity index (χ2v) is 6.16. The number of urea groups is 1. The van der Waals surface area contributed by atoms with Crippen LogP contribution in [0.5, 0.6) is 0 Å². The number of fused-ring (bicyclic) bond motifs is 1. The summed E-state index contributed by atoms with van der Waals surface area (Å²) in [4.78, 5) is 12.1. The van der Waals surface area contributed by atoms with Crippen molar-refractivity contribution in [1.82, 2.24) is 15.0 Å². The molecule has 1 aromatic carbocycles. The van der Waals surface area contributed by atoms with Crippen molar-refractivity contribution < 1.29 is 9.32 Å². The van der Waals surface area contributed by atoms with E-state index in [2.05, 4.69) is 39.5 Å².